The van der Waals surface area contributed by atoms with E-state index in [4.69, 9.17) is 16.7 Å². The van der Waals surface area contributed by atoms with Crippen LogP contribution in [0, 0.1) is 5.92 Å². The van der Waals surface area contributed by atoms with Crippen molar-refractivity contribution in [3.05, 3.63) is 21.6 Å². The molecule has 2 rings (SSSR count). The van der Waals surface area contributed by atoms with Crippen LogP contribution in [0.5, 0.6) is 0 Å². The first-order chi connectivity index (χ1) is 8.22. The Kier molecular flexibility index (Phi) is 4.02. The number of aliphatic hydroxyl groups is 1. The summed E-state index contributed by atoms with van der Waals surface area (Å²) in [5.41, 5.74) is 0.118. The summed E-state index contributed by atoms with van der Waals surface area (Å²) in [5, 5.41) is 15.9. The highest BCUT2D eigenvalue weighted by atomic mass is 35.5. The highest BCUT2D eigenvalue weighted by Crippen LogP contribution is 2.27. The van der Waals surface area contributed by atoms with Gasteiger partial charge in [-0.05, 0) is 18.8 Å². The van der Waals surface area contributed by atoms with Crippen molar-refractivity contribution >= 4 is 17.3 Å². The fourth-order valence-electron chi connectivity index (χ4n) is 1.86. The molecule has 1 saturated carbocycles. The van der Waals surface area contributed by atoms with Crippen LogP contribution in [0.2, 0.25) is 5.02 Å². The largest absolute Gasteiger partial charge is 0.395 e. The number of aliphatic hydroxyl groups excluding tert-OH is 1. The number of anilines is 1. The summed E-state index contributed by atoms with van der Waals surface area (Å²) < 4.78 is 1.45. The lowest BCUT2D eigenvalue weighted by Crippen LogP contribution is -2.31. The topological polar surface area (TPSA) is 67.2 Å². The lowest BCUT2D eigenvalue weighted by atomic mass is 9.85. The van der Waals surface area contributed by atoms with Gasteiger partial charge in [0.2, 0.25) is 0 Å². The molecule has 1 aliphatic carbocycles. The molecule has 0 amide bonds. The smallest absolute Gasteiger partial charge is 0.291 e. The summed E-state index contributed by atoms with van der Waals surface area (Å²) in [6.45, 7) is 0.924. The summed E-state index contributed by atoms with van der Waals surface area (Å²) in [4.78, 5) is 12.0. The SMILES string of the molecule is O=c1c(NCCO)c(Cl)cnn1CC1CCC1. The molecular weight excluding hydrogens is 242 g/mol. The van der Waals surface area contributed by atoms with E-state index in [2.05, 4.69) is 10.4 Å². The average Bonchev–Trinajstić information content (AvgIpc) is 2.25. The lowest BCUT2D eigenvalue weighted by molar-refractivity contribution is 0.262. The highest BCUT2D eigenvalue weighted by molar-refractivity contribution is 6.32. The van der Waals surface area contributed by atoms with Crippen molar-refractivity contribution in [2.45, 2.75) is 25.8 Å². The molecule has 0 unspecified atom stereocenters. The van der Waals surface area contributed by atoms with E-state index in [1.165, 1.54) is 17.3 Å². The van der Waals surface area contributed by atoms with Crippen molar-refractivity contribution in [2.24, 2.45) is 5.92 Å². The molecule has 0 atom stereocenters. The predicted molar refractivity (Wildman–Crippen MR) is 66.4 cm³/mol. The molecule has 0 saturated heterocycles. The normalized spacial score (nSPS) is 15.6. The molecule has 0 bridgehead atoms. The number of aromatic nitrogens is 2. The van der Waals surface area contributed by atoms with E-state index < -0.39 is 0 Å². The van der Waals surface area contributed by atoms with Crippen molar-refractivity contribution in [1.29, 1.82) is 0 Å². The van der Waals surface area contributed by atoms with Gasteiger partial charge < -0.3 is 10.4 Å². The molecule has 17 heavy (non-hydrogen) atoms. The first-order valence-electron chi connectivity index (χ1n) is 5.82. The number of halogens is 1. The van der Waals surface area contributed by atoms with Crippen LogP contribution in [-0.4, -0.2) is 28.0 Å². The van der Waals surface area contributed by atoms with Gasteiger partial charge in [0.05, 0.1) is 17.8 Å². The van der Waals surface area contributed by atoms with Crippen molar-refractivity contribution in [1.82, 2.24) is 9.78 Å². The second-order valence-corrected chi connectivity index (χ2v) is 4.71. The maximum Gasteiger partial charge on any atom is 0.291 e. The van der Waals surface area contributed by atoms with Crippen LogP contribution in [0.4, 0.5) is 5.69 Å². The molecule has 6 heteroatoms. The number of nitrogens with one attached hydrogen (secondary N) is 1. The minimum Gasteiger partial charge on any atom is -0.395 e. The lowest BCUT2D eigenvalue weighted by Gasteiger charge is -2.25. The number of nitrogens with zero attached hydrogens (tertiary/aromatic N) is 2. The molecule has 1 aromatic heterocycles. The Morgan fingerprint density at radius 3 is 2.94 bits per heavy atom. The van der Waals surface area contributed by atoms with E-state index in [0.29, 0.717) is 29.7 Å². The van der Waals surface area contributed by atoms with Gasteiger partial charge in [0.25, 0.3) is 5.56 Å². The van der Waals surface area contributed by atoms with E-state index in [0.717, 1.165) is 12.8 Å². The minimum atomic E-state index is -0.210. The van der Waals surface area contributed by atoms with Crippen LogP contribution in [0.1, 0.15) is 19.3 Å². The zero-order valence-electron chi connectivity index (χ0n) is 9.53. The summed E-state index contributed by atoms with van der Waals surface area (Å²) in [7, 11) is 0. The Morgan fingerprint density at radius 2 is 2.35 bits per heavy atom. The first kappa shape index (κ1) is 12.4. The quantitative estimate of drug-likeness (QED) is 0.829. The highest BCUT2D eigenvalue weighted by Gasteiger charge is 2.20. The van der Waals surface area contributed by atoms with Crippen LogP contribution in [0.25, 0.3) is 0 Å². The summed E-state index contributed by atoms with van der Waals surface area (Å²) in [6, 6.07) is 0. The number of hydrogen-bond acceptors (Lipinski definition) is 4. The van der Waals surface area contributed by atoms with Crippen LogP contribution in [-0.2, 0) is 6.54 Å². The zero-order valence-corrected chi connectivity index (χ0v) is 10.3. The minimum absolute atomic E-state index is 0.0410. The van der Waals surface area contributed by atoms with Gasteiger partial charge in [-0.15, -0.1) is 0 Å². The second-order valence-electron chi connectivity index (χ2n) is 4.30. The second kappa shape index (κ2) is 5.51. The first-order valence-corrected chi connectivity index (χ1v) is 6.20. The monoisotopic (exact) mass is 257 g/mol. The Bertz CT molecular complexity index is 443. The summed E-state index contributed by atoms with van der Waals surface area (Å²) in [5.74, 6) is 0.562. The average molecular weight is 258 g/mol. The third-order valence-electron chi connectivity index (χ3n) is 3.07. The third-order valence-corrected chi connectivity index (χ3v) is 3.35. The van der Waals surface area contributed by atoms with E-state index in [-0.39, 0.29) is 12.2 Å². The van der Waals surface area contributed by atoms with E-state index in [1.807, 2.05) is 0 Å². The molecule has 0 spiro atoms. The molecule has 5 nitrogen and oxygen atoms in total. The van der Waals surface area contributed by atoms with Gasteiger partial charge in [-0.1, -0.05) is 18.0 Å². The van der Waals surface area contributed by atoms with Gasteiger partial charge in [0.1, 0.15) is 5.69 Å². The van der Waals surface area contributed by atoms with Crippen LogP contribution >= 0.6 is 11.6 Å². The molecule has 94 valence electrons. The molecule has 0 radical (unpaired) electrons. The zero-order chi connectivity index (χ0) is 12.3. The Balaban J connectivity index is 2.18. The van der Waals surface area contributed by atoms with Crippen LogP contribution in [0.15, 0.2) is 11.0 Å². The fraction of sp³-hybridized carbons (Fsp3) is 0.636. The van der Waals surface area contributed by atoms with Crippen LogP contribution < -0.4 is 10.9 Å². The molecule has 1 fully saturated rings. The van der Waals surface area contributed by atoms with Gasteiger partial charge in [-0.2, -0.15) is 5.10 Å². The fourth-order valence-corrected chi connectivity index (χ4v) is 2.05. The summed E-state index contributed by atoms with van der Waals surface area (Å²) in [6.07, 6.45) is 5.04. The molecular formula is C11H16ClN3O2. The molecule has 0 aromatic carbocycles. The van der Waals surface area contributed by atoms with E-state index >= 15 is 0 Å². The third kappa shape index (κ3) is 2.79. The maximum atomic E-state index is 12.0. The van der Waals surface area contributed by atoms with Gasteiger partial charge in [0, 0.05) is 13.1 Å². The molecule has 1 aliphatic rings. The van der Waals surface area contributed by atoms with Crippen LogP contribution in [0.3, 0.4) is 0 Å². The Labute approximate surface area is 104 Å². The molecule has 0 aliphatic heterocycles. The summed E-state index contributed by atoms with van der Waals surface area (Å²) >= 11 is 5.90. The van der Waals surface area contributed by atoms with E-state index in [1.54, 1.807) is 0 Å². The van der Waals surface area contributed by atoms with Gasteiger partial charge >= 0.3 is 0 Å². The standard InChI is InChI=1S/C11H16ClN3O2/c12-9-6-14-15(7-8-2-1-3-8)11(17)10(9)13-4-5-16/h6,8,13,16H,1-5,7H2. The maximum absolute atomic E-state index is 12.0. The Morgan fingerprint density at radius 1 is 1.59 bits per heavy atom. The van der Waals surface area contributed by atoms with Gasteiger partial charge in [-0.25, -0.2) is 4.68 Å². The number of hydrogen-bond donors (Lipinski definition) is 2. The van der Waals surface area contributed by atoms with Gasteiger partial charge in [0.15, 0.2) is 0 Å². The number of rotatable bonds is 5. The van der Waals surface area contributed by atoms with Crippen molar-refractivity contribution in [2.75, 3.05) is 18.5 Å². The Hall–Kier alpha value is -1.07. The van der Waals surface area contributed by atoms with Gasteiger partial charge in [-0.3, -0.25) is 4.79 Å². The van der Waals surface area contributed by atoms with Crippen molar-refractivity contribution in [3.8, 4) is 0 Å². The van der Waals surface area contributed by atoms with Crippen molar-refractivity contribution in [3.63, 3.8) is 0 Å². The molecule has 1 heterocycles. The predicted octanol–water partition coefficient (Wildman–Crippen LogP) is 1.10. The molecule has 2 N–H and O–H groups in total. The van der Waals surface area contributed by atoms with E-state index in [9.17, 15) is 4.79 Å². The van der Waals surface area contributed by atoms with Crippen molar-refractivity contribution < 1.29 is 5.11 Å². The molecule has 1 aromatic rings.